The lowest BCUT2D eigenvalue weighted by Crippen LogP contribution is -2.29. The van der Waals surface area contributed by atoms with Crippen LogP contribution in [0.15, 0.2) is 42.5 Å². The molecule has 0 aliphatic carbocycles. The largest absolute Gasteiger partial charge is 0.497 e. The molecule has 1 aromatic heterocycles. The zero-order chi connectivity index (χ0) is 19.2. The zero-order valence-electron chi connectivity index (χ0n) is 16.1. The Morgan fingerprint density at radius 3 is 2.71 bits per heavy atom. The van der Waals surface area contributed by atoms with Gasteiger partial charge in [0.25, 0.3) is 5.19 Å². The molecule has 0 spiro atoms. The van der Waals surface area contributed by atoms with Crippen LogP contribution in [0.4, 0.5) is 0 Å². The van der Waals surface area contributed by atoms with Gasteiger partial charge in [-0.1, -0.05) is 24.2 Å². The Morgan fingerprint density at radius 2 is 1.86 bits per heavy atom. The number of aromatic nitrogens is 1. The smallest absolute Gasteiger partial charge is 0.279 e. The summed E-state index contributed by atoms with van der Waals surface area (Å²) in [5, 5.41) is 4.23. The summed E-state index contributed by atoms with van der Waals surface area (Å²) in [6, 6.07) is 14.2. The topological polar surface area (TPSA) is 52.6 Å². The molecule has 1 N–H and O–H groups in total. The first kappa shape index (κ1) is 19.0. The molecule has 2 heterocycles. The van der Waals surface area contributed by atoms with E-state index in [9.17, 15) is 0 Å². The highest BCUT2D eigenvalue weighted by molar-refractivity contribution is 7.20. The van der Waals surface area contributed by atoms with Crippen LogP contribution in [0.3, 0.4) is 0 Å². The lowest BCUT2D eigenvalue weighted by atomic mass is 10.1. The highest BCUT2D eigenvalue weighted by atomic mass is 32.1. The summed E-state index contributed by atoms with van der Waals surface area (Å²) in [6.07, 6.45) is 6.26. The van der Waals surface area contributed by atoms with Gasteiger partial charge in [-0.15, -0.1) is 0 Å². The first-order valence-electron chi connectivity index (χ1n) is 9.89. The molecule has 0 saturated carbocycles. The summed E-state index contributed by atoms with van der Waals surface area (Å²) < 4.78 is 18.1. The number of thiazole rings is 1. The number of rotatable bonds is 7. The van der Waals surface area contributed by atoms with Crippen molar-refractivity contribution >= 4 is 21.6 Å². The van der Waals surface area contributed by atoms with E-state index in [1.165, 1.54) is 37.0 Å². The van der Waals surface area contributed by atoms with Gasteiger partial charge in [-0.25, -0.2) is 4.98 Å². The fourth-order valence-corrected chi connectivity index (χ4v) is 4.29. The highest BCUT2D eigenvalue weighted by Gasteiger charge is 2.11. The molecule has 1 saturated heterocycles. The Morgan fingerprint density at radius 1 is 1.04 bits per heavy atom. The minimum absolute atomic E-state index is 0.586. The Bertz CT molecular complexity index is 886. The van der Waals surface area contributed by atoms with Crippen LogP contribution in [0.1, 0.15) is 32.1 Å². The standard InChI is InChI=1S/C22H26N2O3S/c1-25-19-10-11-20-21(15-19)28-22(24-20)27-18-8-6-17(7-9-18)26-14-12-16-5-3-2-4-13-23-16/h6-11,15-16,23H,2-5,12-14H2,1H3. The summed E-state index contributed by atoms with van der Waals surface area (Å²) >= 11 is 1.51. The maximum absolute atomic E-state index is 5.91. The van der Waals surface area contributed by atoms with Crippen molar-refractivity contribution in [2.24, 2.45) is 0 Å². The van der Waals surface area contributed by atoms with Crippen LogP contribution in [0.5, 0.6) is 22.4 Å². The molecule has 1 aliphatic rings. The van der Waals surface area contributed by atoms with E-state index in [-0.39, 0.29) is 0 Å². The number of benzene rings is 2. The van der Waals surface area contributed by atoms with E-state index in [1.54, 1.807) is 7.11 Å². The van der Waals surface area contributed by atoms with Gasteiger partial charge in [-0.3, -0.25) is 0 Å². The second-order valence-corrected chi connectivity index (χ2v) is 8.02. The molecular formula is C22H26N2O3S. The highest BCUT2D eigenvalue weighted by Crippen LogP contribution is 2.33. The van der Waals surface area contributed by atoms with E-state index < -0.39 is 0 Å². The zero-order valence-corrected chi connectivity index (χ0v) is 17.0. The molecule has 0 amide bonds. The van der Waals surface area contributed by atoms with Crippen molar-refractivity contribution in [1.29, 1.82) is 0 Å². The monoisotopic (exact) mass is 398 g/mol. The molecule has 3 aromatic rings. The lowest BCUT2D eigenvalue weighted by molar-refractivity contribution is 0.283. The number of fused-ring (bicyclic) bond motifs is 1. The van der Waals surface area contributed by atoms with Crippen LogP contribution >= 0.6 is 11.3 Å². The summed E-state index contributed by atoms with van der Waals surface area (Å²) in [6.45, 7) is 1.87. The van der Waals surface area contributed by atoms with Gasteiger partial charge >= 0.3 is 0 Å². The molecule has 148 valence electrons. The van der Waals surface area contributed by atoms with E-state index >= 15 is 0 Å². The average molecular weight is 399 g/mol. The maximum Gasteiger partial charge on any atom is 0.279 e. The predicted molar refractivity (Wildman–Crippen MR) is 113 cm³/mol. The lowest BCUT2D eigenvalue weighted by Gasteiger charge is -2.16. The molecule has 2 aromatic carbocycles. The number of hydrogen-bond donors (Lipinski definition) is 1. The fraction of sp³-hybridized carbons (Fsp3) is 0.409. The van der Waals surface area contributed by atoms with Crippen LogP contribution in [0, 0.1) is 0 Å². The fourth-order valence-electron chi connectivity index (χ4n) is 3.43. The van der Waals surface area contributed by atoms with Gasteiger partial charge in [0.2, 0.25) is 0 Å². The molecule has 28 heavy (non-hydrogen) atoms. The van der Waals surface area contributed by atoms with E-state index in [2.05, 4.69) is 10.3 Å². The van der Waals surface area contributed by atoms with Crippen molar-refractivity contribution < 1.29 is 14.2 Å². The number of ether oxygens (including phenoxy) is 3. The molecule has 5 nitrogen and oxygen atoms in total. The van der Waals surface area contributed by atoms with Gasteiger partial charge in [0, 0.05) is 6.04 Å². The number of nitrogens with one attached hydrogen (secondary N) is 1. The molecule has 0 bridgehead atoms. The van der Waals surface area contributed by atoms with Gasteiger partial charge in [-0.2, -0.15) is 0 Å². The van der Waals surface area contributed by atoms with E-state index in [1.807, 2.05) is 42.5 Å². The second kappa shape index (κ2) is 9.26. The Balaban J connectivity index is 1.30. The maximum atomic E-state index is 5.91. The van der Waals surface area contributed by atoms with Crippen molar-refractivity contribution in [3.8, 4) is 22.4 Å². The molecular weight excluding hydrogens is 372 g/mol. The van der Waals surface area contributed by atoms with Crippen molar-refractivity contribution in [3.63, 3.8) is 0 Å². The second-order valence-electron chi connectivity index (χ2n) is 7.02. The molecule has 1 fully saturated rings. The molecule has 0 radical (unpaired) electrons. The quantitative estimate of drug-likeness (QED) is 0.578. The van der Waals surface area contributed by atoms with Gasteiger partial charge < -0.3 is 19.5 Å². The van der Waals surface area contributed by atoms with Crippen LogP contribution < -0.4 is 19.5 Å². The summed E-state index contributed by atoms with van der Waals surface area (Å²) in [4.78, 5) is 4.52. The van der Waals surface area contributed by atoms with Crippen LogP contribution in [-0.2, 0) is 0 Å². The van der Waals surface area contributed by atoms with Gasteiger partial charge in [0.15, 0.2) is 0 Å². The van der Waals surface area contributed by atoms with Gasteiger partial charge in [-0.05, 0) is 68.3 Å². The van der Waals surface area contributed by atoms with Gasteiger partial charge in [0.1, 0.15) is 17.2 Å². The summed E-state index contributed by atoms with van der Waals surface area (Å²) in [5.41, 5.74) is 0.910. The van der Waals surface area contributed by atoms with Crippen molar-refractivity contribution in [2.45, 2.75) is 38.1 Å². The first-order valence-corrected chi connectivity index (χ1v) is 10.7. The Hall–Kier alpha value is -2.31. The SMILES string of the molecule is COc1ccc2nc(Oc3ccc(OCCC4CCCCCN4)cc3)sc2c1. The predicted octanol–water partition coefficient (Wildman–Crippen LogP) is 5.40. The molecule has 1 atom stereocenters. The molecule has 4 rings (SSSR count). The Labute approximate surface area is 169 Å². The summed E-state index contributed by atoms with van der Waals surface area (Å²) in [7, 11) is 1.66. The molecule has 6 heteroatoms. The van der Waals surface area contributed by atoms with Crippen LogP contribution in [-0.4, -0.2) is 31.3 Å². The summed E-state index contributed by atoms with van der Waals surface area (Å²) in [5.74, 6) is 2.45. The Kier molecular flexibility index (Phi) is 6.29. The van der Waals surface area contributed by atoms with E-state index in [0.717, 1.165) is 47.0 Å². The number of hydrogen-bond acceptors (Lipinski definition) is 6. The third-order valence-electron chi connectivity index (χ3n) is 5.00. The van der Waals surface area contributed by atoms with E-state index in [0.29, 0.717) is 11.2 Å². The third kappa shape index (κ3) is 4.94. The van der Waals surface area contributed by atoms with Crippen LogP contribution in [0.2, 0.25) is 0 Å². The minimum Gasteiger partial charge on any atom is -0.497 e. The van der Waals surface area contributed by atoms with E-state index in [4.69, 9.17) is 14.2 Å². The number of nitrogens with zero attached hydrogens (tertiary/aromatic N) is 1. The third-order valence-corrected chi connectivity index (χ3v) is 5.90. The van der Waals surface area contributed by atoms with Crippen molar-refractivity contribution in [1.82, 2.24) is 10.3 Å². The average Bonchev–Trinajstić information content (AvgIpc) is 2.93. The van der Waals surface area contributed by atoms with Crippen molar-refractivity contribution in [2.75, 3.05) is 20.3 Å². The van der Waals surface area contributed by atoms with Crippen LogP contribution in [0.25, 0.3) is 10.2 Å². The minimum atomic E-state index is 0.586. The van der Waals surface area contributed by atoms with Crippen molar-refractivity contribution in [3.05, 3.63) is 42.5 Å². The normalized spacial score (nSPS) is 17.2. The van der Waals surface area contributed by atoms with Gasteiger partial charge in [0.05, 0.1) is 23.9 Å². The molecule has 1 unspecified atom stereocenters. The number of methoxy groups -OCH3 is 1. The molecule has 1 aliphatic heterocycles. The first-order chi connectivity index (χ1) is 13.8.